The lowest BCUT2D eigenvalue weighted by atomic mass is 10.1. The molecule has 4 heteroatoms. The molecule has 0 aliphatic carbocycles. The Kier molecular flexibility index (Phi) is 4.17. The Morgan fingerprint density at radius 2 is 1.73 bits per heavy atom. The number of carbonyl (C=O) groups excluding carboxylic acids is 1. The molecule has 0 radical (unpaired) electrons. The number of hydrogen-bond donors (Lipinski definition) is 0. The molecule has 0 N–H and O–H groups in total. The highest BCUT2D eigenvalue weighted by molar-refractivity contribution is 6.13. The first-order valence-electron chi connectivity index (χ1n) is 8.89. The summed E-state index contributed by atoms with van der Waals surface area (Å²) in [7, 11) is 0. The van der Waals surface area contributed by atoms with Crippen LogP contribution in [0.4, 0.5) is 0 Å². The van der Waals surface area contributed by atoms with Gasteiger partial charge in [-0.25, -0.2) is 9.78 Å². The predicted octanol–water partition coefficient (Wildman–Crippen LogP) is 5.05. The van der Waals surface area contributed by atoms with E-state index in [-0.39, 0.29) is 5.97 Å². The van der Waals surface area contributed by atoms with Crippen LogP contribution in [0.1, 0.15) is 24.3 Å². The molecule has 0 unspecified atom stereocenters. The number of fused-ring (bicyclic) bond motifs is 3. The molecule has 0 saturated carbocycles. The quantitative estimate of drug-likeness (QED) is 0.486. The van der Waals surface area contributed by atoms with Gasteiger partial charge in [0.1, 0.15) is 5.69 Å². The molecule has 4 rings (SSSR count). The molecule has 0 spiro atoms. The molecule has 26 heavy (non-hydrogen) atoms. The lowest BCUT2D eigenvalue weighted by Crippen LogP contribution is -2.08. The highest BCUT2D eigenvalue weighted by Crippen LogP contribution is 2.35. The molecule has 0 aliphatic rings. The largest absolute Gasteiger partial charge is 0.461 e. The number of ether oxygens (including phenoxy) is 1. The highest BCUT2D eigenvalue weighted by atomic mass is 16.5. The Bertz CT molecular complexity index is 1100. The summed E-state index contributed by atoms with van der Waals surface area (Å²) in [5, 5.41) is 2.15. The Labute approximate surface area is 152 Å². The molecular weight excluding hydrogens is 324 g/mol. The number of pyridine rings is 1. The second kappa shape index (κ2) is 6.64. The summed E-state index contributed by atoms with van der Waals surface area (Å²) in [6.45, 7) is 5.08. The summed E-state index contributed by atoms with van der Waals surface area (Å²) in [6, 6.07) is 20.1. The zero-order valence-electron chi connectivity index (χ0n) is 14.9. The van der Waals surface area contributed by atoms with E-state index in [0.717, 1.165) is 39.6 Å². The van der Waals surface area contributed by atoms with Gasteiger partial charge in [-0.3, -0.25) is 0 Å². The number of nitrogens with zero attached hydrogens (tertiary/aromatic N) is 2. The van der Waals surface area contributed by atoms with Crippen LogP contribution in [0.3, 0.4) is 0 Å². The van der Waals surface area contributed by atoms with Gasteiger partial charge in [-0.2, -0.15) is 0 Å². The third-order valence-corrected chi connectivity index (χ3v) is 4.60. The van der Waals surface area contributed by atoms with Gasteiger partial charge in [0.15, 0.2) is 0 Å². The number of aromatic nitrogens is 2. The lowest BCUT2D eigenvalue weighted by Gasteiger charge is -2.10. The van der Waals surface area contributed by atoms with Crippen LogP contribution in [-0.4, -0.2) is 22.1 Å². The number of carbonyl (C=O) groups is 1. The molecule has 2 aromatic heterocycles. The third-order valence-electron chi connectivity index (χ3n) is 4.60. The van der Waals surface area contributed by atoms with E-state index in [0.29, 0.717) is 12.3 Å². The molecule has 4 aromatic rings. The molecule has 130 valence electrons. The normalized spacial score (nSPS) is 11.2. The fourth-order valence-electron chi connectivity index (χ4n) is 3.51. The van der Waals surface area contributed by atoms with Crippen molar-refractivity contribution in [1.29, 1.82) is 0 Å². The van der Waals surface area contributed by atoms with Crippen LogP contribution in [0.2, 0.25) is 0 Å². The van der Waals surface area contributed by atoms with E-state index in [1.807, 2.05) is 48.5 Å². The average molecular weight is 344 g/mol. The molecule has 0 atom stereocenters. The van der Waals surface area contributed by atoms with E-state index in [1.54, 1.807) is 6.92 Å². The fourth-order valence-corrected chi connectivity index (χ4v) is 3.51. The first-order valence-corrected chi connectivity index (χ1v) is 8.89. The average Bonchev–Trinajstić information content (AvgIpc) is 3.02. The van der Waals surface area contributed by atoms with Crippen LogP contribution in [0.25, 0.3) is 33.1 Å². The molecular formula is C22H20N2O2. The molecule has 0 fully saturated rings. The summed E-state index contributed by atoms with van der Waals surface area (Å²) in [5.41, 5.74) is 4.33. The van der Waals surface area contributed by atoms with Crippen LogP contribution in [0.5, 0.6) is 0 Å². The second-order valence-corrected chi connectivity index (χ2v) is 6.10. The minimum absolute atomic E-state index is 0.329. The maximum atomic E-state index is 12.4. The van der Waals surface area contributed by atoms with Gasteiger partial charge in [0.05, 0.1) is 17.8 Å². The minimum Gasteiger partial charge on any atom is -0.461 e. The third kappa shape index (κ3) is 2.54. The van der Waals surface area contributed by atoms with Crippen molar-refractivity contribution in [2.24, 2.45) is 0 Å². The van der Waals surface area contributed by atoms with Gasteiger partial charge >= 0.3 is 5.97 Å². The number of para-hydroxylation sites is 1. The van der Waals surface area contributed by atoms with E-state index in [9.17, 15) is 4.79 Å². The number of esters is 1. The highest BCUT2D eigenvalue weighted by Gasteiger charge is 2.20. The topological polar surface area (TPSA) is 44.1 Å². The zero-order valence-corrected chi connectivity index (χ0v) is 14.9. The smallest absolute Gasteiger partial charge is 0.356 e. The summed E-state index contributed by atoms with van der Waals surface area (Å²) in [4.78, 5) is 17.1. The van der Waals surface area contributed by atoms with E-state index < -0.39 is 0 Å². The molecule has 0 saturated heterocycles. The molecule has 2 aromatic carbocycles. The van der Waals surface area contributed by atoms with Crippen LogP contribution in [-0.2, 0) is 11.3 Å². The van der Waals surface area contributed by atoms with Gasteiger partial charge in [0.25, 0.3) is 0 Å². The number of benzene rings is 2. The Morgan fingerprint density at radius 3 is 2.46 bits per heavy atom. The van der Waals surface area contributed by atoms with Crippen molar-refractivity contribution < 1.29 is 9.53 Å². The van der Waals surface area contributed by atoms with Crippen molar-refractivity contribution in [1.82, 2.24) is 9.55 Å². The van der Waals surface area contributed by atoms with Crippen LogP contribution >= 0.6 is 0 Å². The molecule has 0 aliphatic heterocycles. The van der Waals surface area contributed by atoms with Crippen molar-refractivity contribution in [2.75, 3.05) is 6.61 Å². The summed E-state index contributed by atoms with van der Waals surface area (Å²) < 4.78 is 7.46. The van der Waals surface area contributed by atoms with Gasteiger partial charge in [0.2, 0.25) is 0 Å². The predicted molar refractivity (Wildman–Crippen MR) is 104 cm³/mol. The van der Waals surface area contributed by atoms with E-state index in [4.69, 9.17) is 9.72 Å². The van der Waals surface area contributed by atoms with Crippen LogP contribution < -0.4 is 0 Å². The van der Waals surface area contributed by atoms with E-state index >= 15 is 0 Å². The van der Waals surface area contributed by atoms with Gasteiger partial charge in [-0.15, -0.1) is 0 Å². The van der Waals surface area contributed by atoms with E-state index in [2.05, 4.69) is 23.6 Å². The van der Waals surface area contributed by atoms with Gasteiger partial charge in [0, 0.05) is 28.4 Å². The maximum Gasteiger partial charge on any atom is 0.356 e. The zero-order chi connectivity index (χ0) is 18.1. The Balaban J connectivity index is 2.14. The van der Waals surface area contributed by atoms with Gasteiger partial charge < -0.3 is 9.30 Å². The summed E-state index contributed by atoms with van der Waals surface area (Å²) in [6.07, 6.45) is 0. The Morgan fingerprint density at radius 1 is 1.00 bits per heavy atom. The number of aryl methyl sites for hydroxylation is 1. The van der Waals surface area contributed by atoms with Crippen molar-refractivity contribution in [3.05, 3.63) is 66.4 Å². The van der Waals surface area contributed by atoms with Gasteiger partial charge in [-0.1, -0.05) is 48.5 Å². The Hall–Kier alpha value is -3.14. The van der Waals surface area contributed by atoms with Crippen molar-refractivity contribution in [3.8, 4) is 11.3 Å². The van der Waals surface area contributed by atoms with E-state index in [1.165, 1.54) is 0 Å². The molecule has 2 heterocycles. The standard InChI is InChI=1S/C22H20N2O2/c1-3-24-19-13-9-8-12-16(19)17-14-18(22(25)26-4-2)23-20(21(17)24)15-10-6-5-7-11-15/h5-14H,3-4H2,1-2H3. The monoisotopic (exact) mass is 344 g/mol. The summed E-state index contributed by atoms with van der Waals surface area (Å²) >= 11 is 0. The second-order valence-electron chi connectivity index (χ2n) is 6.10. The summed E-state index contributed by atoms with van der Waals surface area (Å²) in [5.74, 6) is -0.389. The molecule has 4 nitrogen and oxygen atoms in total. The maximum absolute atomic E-state index is 12.4. The SMILES string of the molecule is CCOC(=O)c1cc2c3ccccc3n(CC)c2c(-c2ccccc2)n1. The number of hydrogen-bond acceptors (Lipinski definition) is 3. The first kappa shape index (κ1) is 16.3. The van der Waals surface area contributed by atoms with Crippen LogP contribution in [0.15, 0.2) is 60.7 Å². The van der Waals surface area contributed by atoms with Crippen LogP contribution in [0, 0.1) is 0 Å². The fraction of sp³-hybridized carbons (Fsp3) is 0.182. The van der Waals surface area contributed by atoms with Crippen molar-refractivity contribution >= 4 is 27.8 Å². The van der Waals surface area contributed by atoms with Gasteiger partial charge in [-0.05, 0) is 26.0 Å². The lowest BCUT2D eigenvalue weighted by molar-refractivity contribution is 0.0520. The number of rotatable bonds is 4. The first-order chi connectivity index (χ1) is 12.7. The molecule has 0 bridgehead atoms. The van der Waals surface area contributed by atoms with Crippen molar-refractivity contribution in [3.63, 3.8) is 0 Å². The molecule has 0 amide bonds. The van der Waals surface area contributed by atoms with Crippen molar-refractivity contribution in [2.45, 2.75) is 20.4 Å². The minimum atomic E-state index is -0.389.